The van der Waals surface area contributed by atoms with Crippen LogP contribution in [0.3, 0.4) is 0 Å². The van der Waals surface area contributed by atoms with Crippen LogP contribution in [-0.2, 0) is 11.3 Å². The van der Waals surface area contributed by atoms with Crippen LogP contribution in [0.4, 0.5) is 13.2 Å². The van der Waals surface area contributed by atoms with Crippen molar-refractivity contribution in [2.75, 3.05) is 18.8 Å². The zero-order valence-electron chi connectivity index (χ0n) is 14.1. The first-order valence-electron chi connectivity index (χ1n) is 8.45. The number of H-pyrrole nitrogens is 1. The summed E-state index contributed by atoms with van der Waals surface area (Å²) >= 11 is 1.14. The molecule has 0 radical (unpaired) electrons. The summed E-state index contributed by atoms with van der Waals surface area (Å²) in [5.74, 6) is -1.48. The lowest BCUT2D eigenvalue weighted by atomic mass is 9.96. The van der Waals surface area contributed by atoms with Crippen molar-refractivity contribution in [1.29, 1.82) is 0 Å². The maximum Gasteiger partial charge on any atom is 0.391 e. The number of likely N-dealkylation sites (tertiary alicyclic amines) is 1. The number of thioether (sulfide) groups is 1. The van der Waals surface area contributed by atoms with Gasteiger partial charge in [0.25, 0.3) is 0 Å². The van der Waals surface area contributed by atoms with Crippen LogP contribution in [0.2, 0.25) is 0 Å². The average molecular weight is 380 g/mol. The highest BCUT2D eigenvalue weighted by Crippen LogP contribution is 2.34. The second-order valence-corrected chi connectivity index (χ2v) is 7.10. The van der Waals surface area contributed by atoms with Crippen molar-refractivity contribution in [3.8, 4) is 0 Å². The molecule has 0 aliphatic carbocycles. The Morgan fingerprint density at radius 2 is 2.00 bits per heavy atom. The Hall–Kier alpha value is -1.45. The van der Waals surface area contributed by atoms with Crippen LogP contribution in [-0.4, -0.2) is 50.6 Å². The van der Waals surface area contributed by atoms with Gasteiger partial charge in [0.2, 0.25) is 5.91 Å². The highest BCUT2D eigenvalue weighted by Gasteiger charge is 2.41. The van der Waals surface area contributed by atoms with E-state index in [4.69, 9.17) is 0 Å². The van der Waals surface area contributed by atoms with Gasteiger partial charge < -0.3 is 4.90 Å². The summed E-state index contributed by atoms with van der Waals surface area (Å²) in [6.07, 6.45) is -1.42. The molecule has 0 spiro atoms. The number of carbonyl (C=O) groups is 1. The van der Waals surface area contributed by atoms with Crippen molar-refractivity contribution in [2.45, 2.75) is 56.9 Å². The summed E-state index contributed by atoms with van der Waals surface area (Å²) < 4.78 is 39.5. The monoisotopic (exact) mass is 380 g/mol. The lowest BCUT2D eigenvalue weighted by Crippen LogP contribution is -2.42. The largest absolute Gasteiger partial charge is 0.391 e. The van der Waals surface area contributed by atoms with Crippen LogP contribution < -0.4 is 5.69 Å². The van der Waals surface area contributed by atoms with E-state index in [0.29, 0.717) is 11.7 Å². The maximum atomic E-state index is 12.7. The average Bonchev–Trinajstić information content (AvgIpc) is 2.92. The first kappa shape index (κ1) is 19.9. The number of amides is 1. The topological polar surface area (TPSA) is 71.0 Å². The van der Waals surface area contributed by atoms with Gasteiger partial charge in [-0.25, -0.2) is 9.89 Å². The molecule has 0 unspecified atom stereocenters. The minimum Gasteiger partial charge on any atom is -0.342 e. The zero-order valence-corrected chi connectivity index (χ0v) is 15.0. The van der Waals surface area contributed by atoms with Crippen LogP contribution in [0.1, 0.15) is 39.0 Å². The Morgan fingerprint density at radius 1 is 1.32 bits per heavy atom. The van der Waals surface area contributed by atoms with Gasteiger partial charge in [0, 0.05) is 19.6 Å². The molecule has 1 amide bonds. The van der Waals surface area contributed by atoms with Gasteiger partial charge in [-0.15, -0.1) is 5.10 Å². The van der Waals surface area contributed by atoms with Crippen LogP contribution in [0.15, 0.2) is 9.95 Å². The molecule has 1 aliphatic rings. The lowest BCUT2D eigenvalue weighted by molar-refractivity contribution is -0.186. The molecule has 0 saturated carbocycles. The molecule has 10 heteroatoms. The number of aromatic amines is 1. The van der Waals surface area contributed by atoms with E-state index in [-0.39, 0.29) is 43.3 Å². The molecule has 6 nitrogen and oxygen atoms in total. The maximum absolute atomic E-state index is 12.7. The zero-order chi connectivity index (χ0) is 18.4. The summed E-state index contributed by atoms with van der Waals surface area (Å²) in [4.78, 5) is 25.4. The van der Waals surface area contributed by atoms with Crippen molar-refractivity contribution < 1.29 is 18.0 Å². The molecular weight excluding hydrogens is 357 g/mol. The van der Waals surface area contributed by atoms with Crippen LogP contribution in [0.5, 0.6) is 0 Å². The van der Waals surface area contributed by atoms with E-state index in [0.717, 1.165) is 31.0 Å². The molecule has 25 heavy (non-hydrogen) atoms. The van der Waals surface area contributed by atoms with E-state index in [2.05, 4.69) is 17.1 Å². The molecule has 1 aromatic heterocycles. The van der Waals surface area contributed by atoms with Gasteiger partial charge in [-0.05, 0) is 19.3 Å². The van der Waals surface area contributed by atoms with E-state index in [1.807, 2.05) is 0 Å². The van der Waals surface area contributed by atoms with Gasteiger partial charge in [0.1, 0.15) is 0 Å². The molecule has 2 rings (SSSR count). The summed E-state index contributed by atoms with van der Waals surface area (Å²) in [5, 5.41) is 6.75. The molecule has 0 atom stereocenters. The molecule has 1 N–H and O–H groups in total. The molecular formula is C15H23F3N4O2S. The number of halogens is 3. The highest BCUT2D eigenvalue weighted by atomic mass is 32.2. The second kappa shape index (κ2) is 8.77. The molecule has 0 bridgehead atoms. The predicted molar refractivity (Wildman–Crippen MR) is 88.5 cm³/mol. The number of piperidine rings is 1. The van der Waals surface area contributed by atoms with Crippen molar-refractivity contribution in [3.63, 3.8) is 0 Å². The third-order valence-electron chi connectivity index (χ3n) is 4.34. The van der Waals surface area contributed by atoms with E-state index in [1.165, 1.54) is 9.47 Å². The smallest absolute Gasteiger partial charge is 0.342 e. The number of hydrogen-bond donors (Lipinski definition) is 1. The molecule has 1 aromatic rings. The van der Waals surface area contributed by atoms with Gasteiger partial charge in [0.05, 0.1) is 11.7 Å². The summed E-state index contributed by atoms with van der Waals surface area (Å²) in [6.45, 7) is 2.84. The number of aromatic nitrogens is 3. The van der Waals surface area contributed by atoms with Gasteiger partial charge in [-0.1, -0.05) is 31.5 Å². The number of nitrogens with one attached hydrogen (secondary N) is 1. The summed E-state index contributed by atoms with van der Waals surface area (Å²) in [5.41, 5.74) is -0.308. The fourth-order valence-electron chi connectivity index (χ4n) is 2.80. The first-order chi connectivity index (χ1) is 11.8. The Kier molecular flexibility index (Phi) is 6.97. The van der Waals surface area contributed by atoms with Gasteiger partial charge >= 0.3 is 11.9 Å². The van der Waals surface area contributed by atoms with E-state index in [1.54, 1.807) is 0 Å². The molecule has 1 aliphatic heterocycles. The van der Waals surface area contributed by atoms with Crippen molar-refractivity contribution in [3.05, 3.63) is 10.5 Å². The number of hydrogen-bond acceptors (Lipinski definition) is 4. The van der Waals surface area contributed by atoms with E-state index < -0.39 is 12.1 Å². The minimum absolute atomic E-state index is 0.0516. The molecule has 1 fully saturated rings. The molecule has 2 heterocycles. The van der Waals surface area contributed by atoms with Crippen molar-refractivity contribution in [1.82, 2.24) is 19.7 Å². The molecule has 0 aromatic carbocycles. The quantitative estimate of drug-likeness (QED) is 0.583. The number of rotatable bonds is 7. The first-order valence-corrected chi connectivity index (χ1v) is 9.44. The summed E-state index contributed by atoms with van der Waals surface area (Å²) in [6, 6.07) is 0. The SMILES string of the molecule is CCCCCn1c(SCC(=O)N2CCC(C(F)(F)F)CC2)n[nH]c1=O. The van der Waals surface area contributed by atoms with Crippen molar-refractivity contribution in [2.24, 2.45) is 5.92 Å². The predicted octanol–water partition coefficient (Wildman–Crippen LogP) is 2.65. The third-order valence-corrected chi connectivity index (χ3v) is 5.30. The third kappa shape index (κ3) is 5.52. The summed E-state index contributed by atoms with van der Waals surface area (Å²) in [7, 11) is 0. The van der Waals surface area contributed by atoms with Gasteiger partial charge in [0.15, 0.2) is 5.16 Å². The fraction of sp³-hybridized carbons (Fsp3) is 0.800. The van der Waals surface area contributed by atoms with E-state index in [9.17, 15) is 22.8 Å². The molecule has 142 valence electrons. The Labute approximate surface area is 148 Å². The van der Waals surface area contributed by atoms with Gasteiger partial charge in [-0.3, -0.25) is 9.36 Å². The lowest BCUT2D eigenvalue weighted by Gasteiger charge is -2.32. The van der Waals surface area contributed by atoms with Crippen LogP contribution >= 0.6 is 11.8 Å². The number of alkyl halides is 3. The molecule has 1 saturated heterocycles. The van der Waals surface area contributed by atoms with Crippen molar-refractivity contribution >= 4 is 17.7 Å². The minimum atomic E-state index is -4.19. The number of carbonyl (C=O) groups excluding carboxylic acids is 1. The Balaban J connectivity index is 1.84. The van der Waals surface area contributed by atoms with Crippen LogP contribution in [0, 0.1) is 5.92 Å². The van der Waals surface area contributed by atoms with Gasteiger partial charge in [-0.2, -0.15) is 13.2 Å². The number of nitrogens with zero attached hydrogens (tertiary/aromatic N) is 3. The van der Waals surface area contributed by atoms with Crippen LogP contribution in [0.25, 0.3) is 0 Å². The normalized spacial score (nSPS) is 16.4. The standard InChI is InChI=1S/C15H23F3N4O2S/c1-2-3-4-7-22-13(24)19-20-14(22)25-10-12(23)21-8-5-11(6-9-21)15(16,17)18/h11H,2-10H2,1H3,(H,19,24). The Bertz CT molecular complexity index is 621. The second-order valence-electron chi connectivity index (χ2n) is 6.16. The fourth-order valence-corrected chi connectivity index (χ4v) is 3.68. The number of unbranched alkanes of at least 4 members (excludes halogenated alkanes) is 2. The highest BCUT2D eigenvalue weighted by molar-refractivity contribution is 7.99. The Morgan fingerprint density at radius 3 is 2.60 bits per heavy atom. The van der Waals surface area contributed by atoms with E-state index >= 15 is 0 Å².